The number of hydrogen-bond donors (Lipinski definition) is 1. The minimum absolute atomic E-state index is 0.177. The van der Waals surface area contributed by atoms with E-state index in [1.54, 1.807) is 0 Å². The van der Waals surface area contributed by atoms with Crippen LogP contribution in [0, 0.1) is 5.82 Å². The molecule has 16 heavy (non-hydrogen) atoms. The molecule has 2 rings (SSSR count). The van der Waals surface area contributed by atoms with Crippen LogP contribution < -0.4 is 0 Å². The van der Waals surface area contributed by atoms with Crippen molar-refractivity contribution in [3.63, 3.8) is 0 Å². The molecule has 1 aromatic heterocycles. The van der Waals surface area contributed by atoms with E-state index in [2.05, 4.69) is 9.97 Å². The lowest BCUT2D eigenvalue weighted by molar-refractivity contribution is 0.219. The Balaban J connectivity index is 2.38. The molecule has 0 spiro atoms. The molecule has 0 saturated carbocycles. The van der Waals surface area contributed by atoms with Crippen LogP contribution in [0.1, 0.15) is 17.2 Å². The van der Waals surface area contributed by atoms with Gasteiger partial charge in [0.15, 0.2) is 0 Å². The molecular formula is C11H8ClFN2O. The Kier molecular flexibility index (Phi) is 3.12. The van der Waals surface area contributed by atoms with Gasteiger partial charge >= 0.3 is 0 Å². The number of aromatic nitrogens is 2. The molecule has 1 N–H and O–H groups in total. The number of aliphatic hydroxyl groups excluding tert-OH is 1. The summed E-state index contributed by atoms with van der Waals surface area (Å²) in [6, 6.07) is 3.84. The van der Waals surface area contributed by atoms with Gasteiger partial charge in [0.1, 0.15) is 18.2 Å². The van der Waals surface area contributed by atoms with Gasteiger partial charge in [0, 0.05) is 28.5 Å². The van der Waals surface area contributed by atoms with Crippen molar-refractivity contribution >= 4 is 11.6 Å². The van der Waals surface area contributed by atoms with E-state index in [1.165, 1.54) is 30.9 Å². The second-order valence-electron chi connectivity index (χ2n) is 3.24. The van der Waals surface area contributed by atoms with E-state index >= 15 is 0 Å². The van der Waals surface area contributed by atoms with Crippen molar-refractivity contribution in [1.82, 2.24) is 9.97 Å². The van der Waals surface area contributed by atoms with Gasteiger partial charge in [-0.3, -0.25) is 0 Å². The second kappa shape index (κ2) is 4.55. The molecule has 0 aliphatic carbocycles. The van der Waals surface area contributed by atoms with Crippen molar-refractivity contribution in [1.29, 1.82) is 0 Å². The minimum atomic E-state index is -0.950. The topological polar surface area (TPSA) is 46.0 Å². The summed E-state index contributed by atoms with van der Waals surface area (Å²) < 4.78 is 12.8. The first-order chi connectivity index (χ1) is 7.68. The summed E-state index contributed by atoms with van der Waals surface area (Å²) in [5, 5.41) is 10.2. The second-order valence-corrected chi connectivity index (χ2v) is 3.65. The third kappa shape index (κ3) is 2.18. The number of halogens is 2. The molecule has 2 aromatic rings. The van der Waals surface area contributed by atoms with Crippen molar-refractivity contribution in [3.8, 4) is 0 Å². The molecule has 5 heteroatoms. The molecule has 0 amide bonds. The Morgan fingerprint density at radius 2 is 1.94 bits per heavy atom. The molecule has 1 heterocycles. The maximum absolute atomic E-state index is 12.8. The molecule has 0 radical (unpaired) electrons. The third-order valence-electron chi connectivity index (χ3n) is 2.15. The number of hydrogen-bond acceptors (Lipinski definition) is 3. The van der Waals surface area contributed by atoms with Crippen LogP contribution in [-0.2, 0) is 0 Å². The van der Waals surface area contributed by atoms with Crippen LogP contribution in [0.4, 0.5) is 4.39 Å². The molecule has 0 aliphatic heterocycles. The van der Waals surface area contributed by atoms with Gasteiger partial charge in [-0.15, -0.1) is 0 Å². The first-order valence-corrected chi connectivity index (χ1v) is 4.94. The van der Waals surface area contributed by atoms with E-state index in [4.69, 9.17) is 11.6 Å². The highest BCUT2D eigenvalue weighted by Crippen LogP contribution is 2.27. The van der Waals surface area contributed by atoms with E-state index in [0.29, 0.717) is 11.1 Å². The molecule has 0 saturated heterocycles. The molecule has 1 atom stereocenters. The smallest absolute Gasteiger partial charge is 0.124 e. The number of benzene rings is 1. The van der Waals surface area contributed by atoms with Gasteiger partial charge in [-0.25, -0.2) is 14.4 Å². The molecular weight excluding hydrogens is 231 g/mol. The summed E-state index contributed by atoms with van der Waals surface area (Å²) in [6.45, 7) is 0. The largest absolute Gasteiger partial charge is 0.383 e. The predicted molar refractivity (Wildman–Crippen MR) is 57.5 cm³/mol. The highest BCUT2D eigenvalue weighted by molar-refractivity contribution is 6.31. The summed E-state index contributed by atoms with van der Waals surface area (Å²) in [5.41, 5.74) is 0.939. The Morgan fingerprint density at radius 1 is 1.25 bits per heavy atom. The van der Waals surface area contributed by atoms with Crippen molar-refractivity contribution in [3.05, 3.63) is 58.9 Å². The van der Waals surface area contributed by atoms with Gasteiger partial charge in [-0.05, 0) is 12.1 Å². The highest BCUT2D eigenvalue weighted by Gasteiger charge is 2.14. The molecule has 3 nitrogen and oxygen atoms in total. The maximum atomic E-state index is 12.8. The van der Waals surface area contributed by atoms with Crippen LogP contribution in [0.5, 0.6) is 0 Å². The van der Waals surface area contributed by atoms with Gasteiger partial charge in [0.2, 0.25) is 0 Å². The molecule has 0 fully saturated rings. The molecule has 0 aliphatic rings. The van der Waals surface area contributed by atoms with E-state index < -0.39 is 11.9 Å². The van der Waals surface area contributed by atoms with Gasteiger partial charge in [0.05, 0.1) is 0 Å². The van der Waals surface area contributed by atoms with Crippen LogP contribution >= 0.6 is 11.6 Å². The molecule has 0 bridgehead atoms. The SMILES string of the molecule is OC(c1cncnc1)c1ccc(F)cc1Cl. The van der Waals surface area contributed by atoms with Gasteiger partial charge < -0.3 is 5.11 Å². The standard InChI is InChI=1S/C11H8ClFN2O/c12-10-3-8(13)1-2-9(10)11(16)7-4-14-6-15-5-7/h1-6,11,16H. The van der Waals surface area contributed by atoms with Crippen LogP contribution in [0.2, 0.25) is 5.02 Å². The van der Waals surface area contributed by atoms with Crippen LogP contribution in [0.3, 0.4) is 0 Å². The van der Waals surface area contributed by atoms with Crippen molar-refractivity contribution < 1.29 is 9.50 Å². The number of aliphatic hydroxyl groups is 1. The first-order valence-electron chi connectivity index (χ1n) is 4.56. The lowest BCUT2D eigenvalue weighted by Gasteiger charge is -2.11. The number of nitrogens with zero attached hydrogens (tertiary/aromatic N) is 2. The van der Waals surface area contributed by atoms with E-state index in [1.807, 2.05) is 0 Å². The predicted octanol–water partition coefficient (Wildman–Crippen LogP) is 2.35. The Morgan fingerprint density at radius 3 is 2.56 bits per heavy atom. The van der Waals surface area contributed by atoms with Gasteiger partial charge in [-0.2, -0.15) is 0 Å². The minimum Gasteiger partial charge on any atom is -0.383 e. The summed E-state index contributed by atoms with van der Waals surface area (Å²) in [7, 11) is 0. The Labute approximate surface area is 96.6 Å². The van der Waals surface area contributed by atoms with Crippen LogP contribution in [0.25, 0.3) is 0 Å². The fourth-order valence-corrected chi connectivity index (χ4v) is 1.63. The monoisotopic (exact) mass is 238 g/mol. The summed E-state index contributed by atoms with van der Waals surface area (Å²) in [6.07, 6.45) is 3.38. The number of rotatable bonds is 2. The zero-order chi connectivity index (χ0) is 11.5. The van der Waals surface area contributed by atoms with E-state index in [9.17, 15) is 9.50 Å². The van der Waals surface area contributed by atoms with Gasteiger partial charge in [-0.1, -0.05) is 17.7 Å². The lowest BCUT2D eigenvalue weighted by atomic mass is 10.0. The van der Waals surface area contributed by atoms with Crippen molar-refractivity contribution in [2.45, 2.75) is 6.10 Å². The quantitative estimate of drug-likeness (QED) is 0.874. The Hall–Kier alpha value is -1.52. The summed E-state index contributed by atoms with van der Waals surface area (Å²) >= 11 is 5.83. The average Bonchev–Trinajstić information content (AvgIpc) is 2.29. The third-order valence-corrected chi connectivity index (χ3v) is 2.48. The molecule has 1 unspecified atom stereocenters. The van der Waals surface area contributed by atoms with Crippen molar-refractivity contribution in [2.75, 3.05) is 0 Å². The first kappa shape index (κ1) is 11.0. The molecule has 82 valence electrons. The van der Waals surface area contributed by atoms with Crippen LogP contribution in [0.15, 0.2) is 36.9 Å². The highest BCUT2D eigenvalue weighted by atomic mass is 35.5. The van der Waals surface area contributed by atoms with Gasteiger partial charge in [0.25, 0.3) is 0 Å². The summed E-state index contributed by atoms with van der Waals surface area (Å²) in [5.74, 6) is -0.440. The van der Waals surface area contributed by atoms with E-state index in [0.717, 1.165) is 6.07 Å². The fraction of sp³-hybridized carbons (Fsp3) is 0.0909. The Bertz CT molecular complexity index is 493. The van der Waals surface area contributed by atoms with Crippen molar-refractivity contribution in [2.24, 2.45) is 0 Å². The normalized spacial score (nSPS) is 12.4. The summed E-state index contributed by atoms with van der Waals surface area (Å²) in [4.78, 5) is 7.58. The van der Waals surface area contributed by atoms with Crippen LogP contribution in [-0.4, -0.2) is 15.1 Å². The molecule has 1 aromatic carbocycles. The zero-order valence-electron chi connectivity index (χ0n) is 8.14. The lowest BCUT2D eigenvalue weighted by Crippen LogP contribution is -2.01. The fourth-order valence-electron chi connectivity index (χ4n) is 1.35. The average molecular weight is 239 g/mol. The van der Waals surface area contributed by atoms with E-state index in [-0.39, 0.29) is 5.02 Å². The zero-order valence-corrected chi connectivity index (χ0v) is 8.89. The maximum Gasteiger partial charge on any atom is 0.124 e.